The van der Waals surface area contributed by atoms with Crippen LogP contribution in [0.25, 0.3) is 5.53 Å². The van der Waals surface area contributed by atoms with Crippen molar-refractivity contribution in [3.63, 3.8) is 0 Å². The number of aliphatic hydroxyl groups excluding tert-OH is 1. The number of rotatable bonds is 3. The number of nitrogens with zero attached hydrogens (tertiary/aromatic N) is 2. The third-order valence-corrected chi connectivity index (χ3v) is 4.48. The number of aliphatic hydroxyl groups is 1. The number of hydrogen-bond acceptors (Lipinski definition) is 1. The Morgan fingerprint density at radius 1 is 1.31 bits per heavy atom. The molecule has 0 bridgehead atoms. The molecule has 1 aromatic carbocycles. The lowest BCUT2D eigenvalue weighted by Crippen LogP contribution is -2.38. The van der Waals surface area contributed by atoms with Crippen molar-refractivity contribution in [3.8, 4) is 0 Å². The highest BCUT2D eigenvalue weighted by atomic mass is 35.5. The van der Waals surface area contributed by atoms with Gasteiger partial charge in [0.15, 0.2) is 14.2 Å². The monoisotopic (exact) mass is 254 g/mol. The second-order valence-corrected chi connectivity index (χ2v) is 10.1. The summed E-state index contributed by atoms with van der Waals surface area (Å²) in [5, 5.41) is 11.2. The molecule has 1 N–H and O–H groups in total. The molecule has 1 aromatic rings. The van der Waals surface area contributed by atoms with Crippen molar-refractivity contribution >= 4 is 25.0 Å². The molecule has 0 radical (unpaired) electrons. The van der Waals surface area contributed by atoms with Crippen LogP contribution in [0.5, 0.6) is 0 Å². The SMILES string of the molecule is C[Si](C)(C)C(=[N+]=[N-])C(O)c1ccc(Cl)cc1. The van der Waals surface area contributed by atoms with Crippen molar-refractivity contribution in [1.29, 1.82) is 0 Å². The lowest BCUT2D eigenvalue weighted by atomic mass is 10.1. The molecule has 1 atom stereocenters. The van der Waals surface area contributed by atoms with E-state index in [9.17, 15) is 5.11 Å². The first kappa shape index (κ1) is 13.1. The highest BCUT2D eigenvalue weighted by Crippen LogP contribution is 2.21. The molecule has 0 heterocycles. The first-order valence-electron chi connectivity index (χ1n) is 5.02. The fraction of sp³-hybridized carbons (Fsp3) is 0.364. The van der Waals surface area contributed by atoms with Gasteiger partial charge in [0.1, 0.15) is 0 Å². The lowest BCUT2D eigenvalue weighted by molar-refractivity contribution is -0.0163. The van der Waals surface area contributed by atoms with Gasteiger partial charge in [-0.3, -0.25) is 0 Å². The zero-order valence-electron chi connectivity index (χ0n) is 9.61. The van der Waals surface area contributed by atoms with Crippen LogP contribution in [0.3, 0.4) is 0 Å². The van der Waals surface area contributed by atoms with Crippen molar-refractivity contribution in [1.82, 2.24) is 0 Å². The maximum absolute atomic E-state index is 10.1. The maximum atomic E-state index is 10.1. The molecule has 1 unspecified atom stereocenters. The van der Waals surface area contributed by atoms with Gasteiger partial charge < -0.3 is 10.6 Å². The third-order valence-electron chi connectivity index (χ3n) is 2.32. The first-order valence-corrected chi connectivity index (χ1v) is 8.90. The smallest absolute Gasteiger partial charge is 0.268 e. The minimum Gasteiger partial charge on any atom is -0.377 e. The summed E-state index contributed by atoms with van der Waals surface area (Å²) in [6.45, 7) is 6.05. The second kappa shape index (κ2) is 4.93. The largest absolute Gasteiger partial charge is 0.377 e. The lowest BCUT2D eigenvalue weighted by Gasteiger charge is -2.15. The Hall–Kier alpha value is -0.933. The fourth-order valence-electron chi connectivity index (χ4n) is 1.42. The van der Waals surface area contributed by atoms with E-state index in [4.69, 9.17) is 17.1 Å². The Morgan fingerprint density at radius 2 is 1.81 bits per heavy atom. The summed E-state index contributed by atoms with van der Waals surface area (Å²) in [5.74, 6) is 0. The molecule has 0 saturated carbocycles. The van der Waals surface area contributed by atoms with Crippen LogP contribution < -0.4 is 0 Å². The maximum Gasteiger partial charge on any atom is 0.268 e. The Labute approximate surface area is 101 Å². The molecule has 1 rings (SSSR count). The van der Waals surface area contributed by atoms with Crippen LogP contribution in [0.1, 0.15) is 11.7 Å². The van der Waals surface area contributed by atoms with Gasteiger partial charge >= 0.3 is 0 Å². The molecule has 0 spiro atoms. The van der Waals surface area contributed by atoms with E-state index in [1.807, 2.05) is 19.6 Å². The van der Waals surface area contributed by atoms with Gasteiger partial charge in [-0.25, -0.2) is 0 Å². The van der Waals surface area contributed by atoms with E-state index in [0.29, 0.717) is 15.9 Å². The Bertz CT molecular complexity index is 419. The molecule has 0 amide bonds. The van der Waals surface area contributed by atoms with E-state index in [-0.39, 0.29) is 0 Å². The average Bonchev–Trinajstić information content (AvgIpc) is 2.17. The van der Waals surface area contributed by atoms with Gasteiger partial charge in [-0.1, -0.05) is 43.4 Å². The van der Waals surface area contributed by atoms with Crippen LogP contribution in [0, 0.1) is 0 Å². The Kier molecular flexibility index (Phi) is 4.05. The van der Waals surface area contributed by atoms with Gasteiger partial charge in [0, 0.05) is 5.02 Å². The summed E-state index contributed by atoms with van der Waals surface area (Å²) in [5.41, 5.74) is 9.68. The van der Waals surface area contributed by atoms with E-state index in [1.165, 1.54) is 0 Å². The van der Waals surface area contributed by atoms with Gasteiger partial charge in [-0.15, -0.1) is 0 Å². The summed E-state index contributed by atoms with van der Waals surface area (Å²) >= 11 is 5.77. The average molecular weight is 255 g/mol. The summed E-state index contributed by atoms with van der Waals surface area (Å²) in [7, 11) is -1.83. The van der Waals surface area contributed by atoms with Crippen molar-refractivity contribution in [2.24, 2.45) is 0 Å². The number of hydrogen-bond donors (Lipinski definition) is 1. The molecule has 3 nitrogen and oxygen atoms in total. The van der Waals surface area contributed by atoms with Crippen LogP contribution in [0.15, 0.2) is 24.3 Å². The summed E-state index contributed by atoms with van der Waals surface area (Å²) in [4.78, 5) is 3.25. The highest BCUT2D eigenvalue weighted by molar-refractivity contribution is 7.04. The highest BCUT2D eigenvalue weighted by Gasteiger charge is 2.36. The molecule has 0 aliphatic carbocycles. The minimum atomic E-state index is -1.83. The summed E-state index contributed by atoms with van der Waals surface area (Å²) in [6, 6.07) is 6.88. The van der Waals surface area contributed by atoms with Crippen LogP contribution in [0.4, 0.5) is 0 Å². The molecule has 0 aromatic heterocycles. The van der Waals surface area contributed by atoms with Crippen molar-refractivity contribution in [2.45, 2.75) is 25.7 Å². The van der Waals surface area contributed by atoms with Gasteiger partial charge in [-0.2, -0.15) is 4.79 Å². The minimum absolute atomic E-state index is 0.467. The van der Waals surface area contributed by atoms with Crippen molar-refractivity contribution < 1.29 is 9.90 Å². The molecule has 0 fully saturated rings. The van der Waals surface area contributed by atoms with Gasteiger partial charge in [0.05, 0.1) is 0 Å². The van der Waals surface area contributed by atoms with Crippen LogP contribution in [-0.4, -0.2) is 23.3 Å². The molecule has 16 heavy (non-hydrogen) atoms. The zero-order valence-corrected chi connectivity index (χ0v) is 11.4. The fourth-order valence-corrected chi connectivity index (χ4v) is 2.83. The van der Waals surface area contributed by atoms with Crippen molar-refractivity contribution in [2.75, 3.05) is 0 Å². The normalized spacial score (nSPS) is 13.1. The Morgan fingerprint density at radius 3 is 2.19 bits per heavy atom. The first-order chi connectivity index (χ1) is 7.36. The van der Waals surface area contributed by atoms with Crippen LogP contribution >= 0.6 is 11.6 Å². The quantitative estimate of drug-likeness (QED) is 0.383. The standard InChI is InChI=1S/C11H15ClN2OSi/c1-16(2,3)11(14-13)10(15)8-4-6-9(12)7-5-8/h4-7,10,15H,1-3H3. The van der Waals surface area contributed by atoms with Crippen LogP contribution in [-0.2, 0) is 0 Å². The Balaban J connectivity index is 3.06. The summed E-state index contributed by atoms with van der Waals surface area (Å²) < 4.78 is 0. The predicted octanol–water partition coefficient (Wildman–Crippen LogP) is 2.92. The number of benzene rings is 1. The topological polar surface area (TPSA) is 56.6 Å². The molecule has 0 saturated heterocycles. The molecule has 0 aliphatic rings. The van der Waals surface area contributed by atoms with Crippen molar-refractivity contribution in [3.05, 3.63) is 40.4 Å². The van der Waals surface area contributed by atoms with E-state index < -0.39 is 14.2 Å². The second-order valence-electron chi connectivity index (χ2n) is 4.69. The molecule has 5 heteroatoms. The van der Waals surface area contributed by atoms with E-state index in [2.05, 4.69) is 4.79 Å². The molecule has 86 valence electrons. The third kappa shape index (κ3) is 3.03. The molecular formula is C11H15ClN2OSi. The van der Waals surface area contributed by atoms with Gasteiger partial charge in [-0.05, 0) is 17.7 Å². The van der Waals surface area contributed by atoms with Crippen LogP contribution in [0.2, 0.25) is 24.7 Å². The molecular weight excluding hydrogens is 240 g/mol. The van der Waals surface area contributed by atoms with E-state index in [0.717, 1.165) is 0 Å². The molecule has 0 aliphatic heterocycles. The van der Waals surface area contributed by atoms with Gasteiger partial charge in [0.2, 0.25) is 0 Å². The van der Waals surface area contributed by atoms with E-state index in [1.54, 1.807) is 24.3 Å². The predicted molar refractivity (Wildman–Crippen MR) is 68.4 cm³/mol. The van der Waals surface area contributed by atoms with Gasteiger partial charge in [0.25, 0.3) is 5.33 Å². The summed E-state index contributed by atoms with van der Waals surface area (Å²) in [6.07, 6.45) is -0.853. The zero-order chi connectivity index (χ0) is 12.3. The number of halogens is 1. The van der Waals surface area contributed by atoms with E-state index >= 15 is 0 Å².